The molecule has 12 heteroatoms. The van der Waals surface area contributed by atoms with Crippen molar-refractivity contribution < 1.29 is 37.4 Å². The Labute approximate surface area is 222 Å². The van der Waals surface area contributed by atoms with Gasteiger partial charge < -0.3 is 30.4 Å². The molecule has 4 N–H and O–H groups in total. The van der Waals surface area contributed by atoms with Crippen LogP contribution in [0.2, 0.25) is 0 Å². The standard InChI is InChI=1S/C26H35N3O8S/c27-20-9-6-12-23(14-20)38(32,33)29(37-21-10-4-5-11-21)15-25(30)24(13-19-7-2-1-3-8-19)28-26(31)36-22-16-34-18-35-17-22/h1-3,6-9,12,14,21-22,24-25,30H,4-5,10-11,13,15-18,27H2,(H,28,31)/t24-,25+/m0/s1. The molecule has 0 aromatic heterocycles. The predicted octanol–water partition coefficient (Wildman–Crippen LogP) is 2.20. The number of carbonyl (C=O) groups is 1. The Balaban J connectivity index is 1.53. The van der Waals surface area contributed by atoms with Gasteiger partial charge >= 0.3 is 6.09 Å². The molecule has 208 valence electrons. The molecule has 4 rings (SSSR count). The third-order valence-corrected chi connectivity index (χ3v) is 8.06. The molecule has 2 aromatic rings. The highest BCUT2D eigenvalue weighted by Crippen LogP contribution is 2.26. The number of benzene rings is 2. The zero-order valence-electron chi connectivity index (χ0n) is 21.1. The number of hydrogen-bond acceptors (Lipinski definition) is 9. The fourth-order valence-electron chi connectivity index (χ4n) is 4.45. The van der Waals surface area contributed by atoms with Crippen LogP contribution in [0.1, 0.15) is 31.2 Å². The molecule has 1 aliphatic carbocycles. The van der Waals surface area contributed by atoms with Gasteiger partial charge in [-0.2, -0.15) is 0 Å². The molecule has 1 amide bonds. The van der Waals surface area contributed by atoms with Crippen LogP contribution in [0.4, 0.5) is 10.5 Å². The van der Waals surface area contributed by atoms with E-state index >= 15 is 0 Å². The van der Waals surface area contributed by atoms with Gasteiger partial charge in [-0.05, 0) is 43.0 Å². The highest BCUT2D eigenvalue weighted by Gasteiger charge is 2.35. The van der Waals surface area contributed by atoms with Gasteiger partial charge in [-0.25, -0.2) is 13.2 Å². The van der Waals surface area contributed by atoms with Crippen LogP contribution in [0.15, 0.2) is 59.5 Å². The van der Waals surface area contributed by atoms with Crippen molar-refractivity contribution >= 4 is 21.8 Å². The van der Waals surface area contributed by atoms with E-state index < -0.39 is 40.9 Å². The van der Waals surface area contributed by atoms with Crippen LogP contribution < -0.4 is 11.1 Å². The topological polar surface area (TPSA) is 150 Å². The number of ether oxygens (including phenoxy) is 3. The van der Waals surface area contributed by atoms with Crippen molar-refractivity contribution in [1.82, 2.24) is 9.79 Å². The fraction of sp³-hybridized carbons (Fsp3) is 0.500. The molecule has 2 aromatic carbocycles. The van der Waals surface area contributed by atoms with Crippen molar-refractivity contribution in [1.29, 1.82) is 0 Å². The number of aliphatic hydroxyl groups excluding tert-OH is 1. The summed E-state index contributed by atoms with van der Waals surface area (Å²) in [5, 5.41) is 14.0. The number of nitrogens with one attached hydrogen (secondary N) is 1. The number of alkyl carbamates (subject to hydrolysis) is 1. The van der Waals surface area contributed by atoms with E-state index in [1.807, 2.05) is 30.3 Å². The highest BCUT2D eigenvalue weighted by atomic mass is 32.2. The van der Waals surface area contributed by atoms with Crippen LogP contribution in [-0.2, 0) is 35.5 Å². The lowest BCUT2D eigenvalue weighted by Crippen LogP contribution is -2.52. The van der Waals surface area contributed by atoms with Crippen molar-refractivity contribution in [2.45, 2.75) is 61.4 Å². The lowest BCUT2D eigenvalue weighted by Gasteiger charge is -2.31. The number of rotatable bonds is 11. The number of nitrogen functional groups attached to an aromatic ring is 1. The number of nitrogens with zero attached hydrogens (tertiary/aromatic N) is 1. The Morgan fingerprint density at radius 2 is 1.79 bits per heavy atom. The summed E-state index contributed by atoms with van der Waals surface area (Å²) in [7, 11) is -4.17. The SMILES string of the molecule is Nc1cccc(S(=O)(=O)N(C[C@@H](O)[C@H](Cc2ccccc2)NC(=O)OC2COCOC2)OC2CCCC2)c1. The second kappa shape index (κ2) is 13.4. The molecule has 38 heavy (non-hydrogen) atoms. The maximum Gasteiger partial charge on any atom is 0.407 e. The molecule has 0 bridgehead atoms. The number of carbonyl (C=O) groups excluding carboxylic acids is 1. The summed E-state index contributed by atoms with van der Waals surface area (Å²) < 4.78 is 43.7. The maximum absolute atomic E-state index is 13.6. The summed E-state index contributed by atoms with van der Waals surface area (Å²) in [6, 6.07) is 14.3. The van der Waals surface area contributed by atoms with E-state index in [9.17, 15) is 18.3 Å². The van der Waals surface area contributed by atoms with E-state index in [0.29, 0.717) is 12.8 Å². The minimum atomic E-state index is -4.17. The molecule has 11 nitrogen and oxygen atoms in total. The smallest absolute Gasteiger partial charge is 0.407 e. The Hall–Kier alpha value is -2.74. The van der Waals surface area contributed by atoms with Gasteiger partial charge in [0, 0.05) is 5.69 Å². The molecular weight excluding hydrogens is 514 g/mol. The van der Waals surface area contributed by atoms with E-state index in [1.165, 1.54) is 12.1 Å². The molecule has 1 heterocycles. The van der Waals surface area contributed by atoms with E-state index in [0.717, 1.165) is 22.9 Å². The number of hydrogen-bond donors (Lipinski definition) is 3. The van der Waals surface area contributed by atoms with Gasteiger partial charge in [-0.15, -0.1) is 0 Å². The van der Waals surface area contributed by atoms with Crippen LogP contribution in [0.3, 0.4) is 0 Å². The predicted molar refractivity (Wildman–Crippen MR) is 138 cm³/mol. The number of amides is 1. The summed E-state index contributed by atoms with van der Waals surface area (Å²) in [5.41, 5.74) is 6.96. The Morgan fingerprint density at radius 3 is 2.47 bits per heavy atom. The van der Waals surface area contributed by atoms with Crippen molar-refractivity contribution in [3.8, 4) is 0 Å². The van der Waals surface area contributed by atoms with E-state index in [-0.39, 0.29) is 43.1 Å². The van der Waals surface area contributed by atoms with Crippen LogP contribution in [0, 0.1) is 0 Å². The van der Waals surface area contributed by atoms with Crippen LogP contribution in [0.5, 0.6) is 0 Å². The quantitative estimate of drug-likeness (QED) is 0.283. The Kier molecular flexibility index (Phi) is 9.94. The summed E-state index contributed by atoms with van der Waals surface area (Å²) >= 11 is 0. The average Bonchev–Trinajstić information content (AvgIpc) is 3.42. The lowest BCUT2D eigenvalue weighted by atomic mass is 10.0. The first-order valence-corrected chi connectivity index (χ1v) is 14.1. The second-order valence-corrected chi connectivity index (χ2v) is 11.3. The molecule has 2 atom stereocenters. The molecule has 0 unspecified atom stereocenters. The summed E-state index contributed by atoms with van der Waals surface area (Å²) in [4.78, 5) is 18.6. The van der Waals surface area contributed by atoms with E-state index in [2.05, 4.69) is 5.32 Å². The minimum absolute atomic E-state index is 0.0491. The first-order valence-electron chi connectivity index (χ1n) is 12.7. The Bertz CT molecular complexity index is 1140. The molecule has 1 saturated carbocycles. The number of sulfonamides is 1. The van der Waals surface area contributed by atoms with Gasteiger partial charge in [0.05, 0.1) is 42.9 Å². The second-order valence-electron chi connectivity index (χ2n) is 9.47. The molecule has 0 spiro atoms. The number of hydroxylamine groups is 1. The van der Waals surface area contributed by atoms with Crippen LogP contribution >= 0.6 is 0 Å². The van der Waals surface area contributed by atoms with Gasteiger partial charge in [0.15, 0.2) is 6.10 Å². The first-order chi connectivity index (χ1) is 18.3. The van der Waals surface area contributed by atoms with Crippen LogP contribution in [-0.4, -0.2) is 75.0 Å². The minimum Gasteiger partial charge on any atom is -0.441 e. The third kappa shape index (κ3) is 7.88. The summed E-state index contributed by atoms with van der Waals surface area (Å²) in [6.07, 6.45) is 0.509. The molecule has 2 fully saturated rings. The van der Waals surface area contributed by atoms with E-state index in [1.54, 1.807) is 12.1 Å². The monoisotopic (exact) mass is 549 g/mol. The molecule has 1 saturated heterocycles. The van der Waals surface area contributed by atoms with Crippen molar-refractivity contribution in [2.24, 2.45) is 0 Å². The highest BCUT2D eigenvalue weighted by molar-refractivity contribution is 7.89. The number of aliphatic hydroxyl groups is 1. The summed E-state index contributed by atoms with van der Waals surface area (Å²) in [6.45, 7) is 0.109. The molecular formula is C26H35N3O8S. The van der Waals surface area contributed by atoms with Gasteiger partial charge in [-0.3, -0.25) is 4.84 Å². The number of nitrogens with two attached hydrogens (primary N) is 1. The van der Waals surface area contributed by atoms with Gasteiger partial charge in [0.1, 0.15) is 6.79 Å². The zero-order chi connectivity index (χ0) is 27.0. The lowest BCUT2D eigenvalue weighted by molar-refractivity contribution is -0.153. The summed E-state index contributed by atoms with van der Waals surface area (Å²) in [5.74, 6) is 0. The van der Waals surface area contributed by atoms with E-state index in [4.69, 9.17) is 24.8 Å². The fourth-order valence-corrected chi connectivity index (χ4v) is 5.81. The number of anilines is 1. The van der Waals surface area contributed by atoms with Crippen LogP contribution in [0.25, 0.3) is 0 Å². The molecule has 2 aliphatic rings. The largest absolute Gasteiger partial charge is 0.441 e. The van der Waals surface area contributed by atoms with Gasteiger partial charge in [-0.1, -0.05) is 53.7 Å². The Morgan fingerprint density at radius 1 is 1.08 bits per heavy atom. The normalized spacial score (nSPS) is 18.8. The zero-order valence-corrected chi connectivity index (χ0v) is 21.9. The maximum atomic E-state index is 13.6. The van der Waals surface area contributed by atoms with Gasteiger partial charge in [0.2, 0.25) is 0 Å². The molecule has 0 radical (unpaired) electrons. The van der Waals surface area contributed by atoms with Crippen molar-refractivity contribution in [3.05, 3.63) is 60.2 Å². The third-order valence-electron chi connectivity index (χ3n) is 6.44. The van der Waals surface area contributed by atoms with Gasteiger partial charge in [0.25, 0.3) is 10.0 Å². The first kappa shape index (κ1) is 28.3. The molecule has 1 aliphatic heterocycles. The van der Waals surface area contributed by atoms with Crippen molar-refractivity contribution in [2.75, 3.05) is 32.3 Å². The average molecular weight is 550 g/mol. The van der Waals surface area contributed by atoms with Crippen molar-refractivity contribution in [3.63, 3.8) is 0 Å².